The molecule has 29 heavy (non-hydrogen) atoms. The van der Waals surface area contributed by atoms with Gasteiger partial charge in [0.05, 0.1) is 23.2 Å². The molecular formula is C21H25FN6O. The van der Waals surface area contributed by atoms with Gasteiger partial charge < -0.3 is 10.2 Å². The van der Waals surface area contributed by atoms with E-state index < -0.39 is 0 Å². The van der Waals surface area contributed by atoms with Crippen LogP contribution in [0.4, 0.5) is 10.2 Å². The van der Waals surface area contributed by atoms with Gasteiger partial charge in [0, 0.05) is 20.0 Å². The molecule has 1 amide bonds. The summed E-state index contributed by atoms with van der Waals surface area (Å²) < 4.78 is 15.8. The van der Waals surface area contributed by atoms with Crippen LogP contribution >= 0.6 is 0 Å². The lowest BCUT2D eigenvalue weighted by molar-refractivity contribution is -0.129. The van der Waals surface area contributed by atoms with Gasteiger partial charge in [-0.2, -0.15) is 5.10 Å². The lowest BCUT2D eigenvalue weighted by Gasteiger charge is -2.21. The van der Waals surface area contributed by atoms with E-state index in [2.05, 4.69) is 41.2 Å². The van der Waals surface area contributed by atoms with Crippen molar-refractivity contribution in [3.05, 3.63) is 47.7 Å². The molecule has 3 aromatic rings. The smallest absolute Gasteiger partial charge is 0.219 e. The molecule has 3 heterocycles. The summed E-state index contributed by atoms with van der Waals surface area (Å²) in [6, 6.07) is 4.66. The van der Waals surface area contributed by atoms with Gasteiger partial charge in [-0.3, -0.25) is 4.79 Å². The van der Waals surface area contributed by atoms with E-state index in [9.17, 15) is 9.18 Å². The summed E-state index contributed by atoms with van der Waals surface area (Å²) in [6.07, 6.45) is 3.99. The maximum Gasteiger partial charge on any atom is 0.219 e. The van der Waals surface area contributed by atoms with E-state index in [-0.39, 0.29) is 23.3 Å². The first-order valence-electron chi connectivity index (χ1n) is 9.73. The fourth-order valence-corrected chi connectivity index (χ4v) is 3.81. The van der Waals surface area contributed by atoms with Crippen LogP contribution in [-0.2, 0) is 16.9 Å². The van der Waals surface area contributed by atoms with E-state index >= 15 is 0 Å². The number of halogens is 1. The van der Waals surface area contributed by atoms with Gasteiger partial charge >= 0.3 is 0 Å². The van der Waals surface area contributed by atoms with Crippen LogP contribution < -0.4 is 5.32 Å². The van der Waals surface area contributed by atoms with E-state index in [1.54, 1.807) is 24.1 Å². The van der Waals surface area contributed by atoms with Crippen molar-refractivity contribution < 1.29 is 9.18 Å². The number of rotatable bonds is 2. The number of fused-ring (bicyclic) bond motifs is 2. The third kappa shape index (κ3) is 3.66. The minimum Gasteiger partial charge on any atom is -0.362 e. The van der Waals surface area contributed by atoms with Crippen molar-refractivity contribution in [1.82, 2.24) is 24.6 Å². The van der Waals surface area contributed by atoms with Crippen LogP contribution in [0.1, 0.15) is 51.3 Å². The second-order valence-corrected chi connectivity index (χ2v) is 8.46. The number of anilines is 1. The summed E-state index contributed by atoms with van der Waals surface area (Å²) >= 11 is 0. The number of carbonyl (C=O) groups is 1. The zero-order valence-electron chi connectivity index (χ0n) is 17.1. The molecule has 1 aliphatic heterocycles. The Balaban J connectivity index is 1.73. The number of hydrogen-bond donors (Lipinski definition) is 1. The highest BCUT2D eigenvalue weighted by Crippen LogP contribution is 2.32. The third-order valence-electron chi connectivity index (χ3n) is 5.29. The van der Waals surface area contributed by atoms with Crippen LogP contribution in [0.5, 0.6) is 0 Å². The van der Waals surface area contributed by atoms with E-state index in [4.69, 9.17) is 0 Å². The molecule has 0 saturated heterocycles. The molecule has 152 valence electrons. The first kappa shape index (κ1) is 19.3. The number of hydrogen-bond acceptors (Lipinski definition) is 5. The van der Waals surface area contributed by atoms with Crippen LogP contribution in [0.2, 0.25) is 0 Å². The van der Waals surface area contributed by atoms with Crippen molar-refractivity contribution in [3.8, 4) is 0 Å². The standard InChI is InChI=1S/C21H25FN6O/c1-13(29)27-8-7-18(16-6-5-15(22)9-14(16)11-27)26-19-17-10-25-28(21(2,3)4)20(17)24-12-23-19/h5-6,9-10,12,18H,7-8,11H2,1-4H3,(H,23,24,26). The van der Waals surface area contributed by atoms with Crippen molar-refractivity contribution in [1.29, 1.82) is 0 Å². The molecule has 1 atom stereocenters. The van der Waals surface area contributed by atoms with E-state index in [0.29, 0.717) is 25.3 Å². The van der Waals surface area contributed by atoms with Crippen LogP contribution in [0.3, 0.4) is 0 Å². The van der Waals surface area contributed by atoms with Crippen molar-refractivity contribution >= 4 is 22.8 Å². The molecule has 4 rings (SSSR count). The predicted molar refractivity (Wildman–Crippen MR) is 109 cm³/mol. The molecule has 2 aromatic heterocycles. The monoisotopic (exact) mass is 396 g/mol. The van der Waals surface area contributed by atoms with Crippen LogP contribution in [0.25, 0.3) is 11.0 Å². The highest BCUT2D eigenvalue weighted by atomic mass is 19.1. The lowest BCUT2D eigenvalue weighted by atomic mass is 9.99. The third-order valence-corrected chi connectivity index (χ3v) is 5.29. The van der Waals surface area contributed by atoms with Gasteiger partial charge in [0.2, 0.25) is 5.91 Å². The van der Waals surface area contributed by atoms with Gasteiger partial charge in [-0.1, -0.05) is 6.07 Å². The molecule has 0 fully saturated rings. The largest absolute Gasteiger partial charge is 0.362 e. The summed E-state index contributed by atoms with van der Waals surface area (Å²) in [7, 11) is 0. The van der Waals surface area contributed by atoms with E-state index in [0.717, 1.165) is 22.2 Å². The number of nitrogens with one attached hydrogen (secondary N) is 1. The average Bonchev–Trinajstić information content (AvgIpc) is 3.01. The van der Waals surface area contributed by atoms with Gasteiger partial charge in [0.15, 0.2) is 5.65 Å². The minimum absolute atomic E-state index is 0.0169. The van der Waals surface area contributed by atoms with Gasteiger partial charge in [0.1, 0.15) is 18.0 Å². The van der Waals surface area contributed by atoms with Crippen molar-refractivity contribution in [2.24, 2.45) is 0 Å². The lowest BCUT2D eigenvalue weighted by Crippen LogP contribution is -2.28. The molecule has 0 spiro atoms. The normalized spacial score (nSPS) is 17.1. The highest BCUT2D eigenvalue weighted by Gasteiger charge is 2.26. The molecule has 0 saturated carbocycles. The molecule has 1 unspecified atom stereocenters. The second kappa shape index (κ2) is 7.09. The molecule has 0 bridgehead atoms. The maximum absolute atomic E-state index is 13.9. The van der Waals surface area contributed by atoms with Crippen LogP contribution in [0.15, 0.2) is 30.7 Å². The topological polar surface area (TPSA) is 75.9 Å². The first-order valence-corrected chi connectivity index (χ1v) is 9.73. The fraction of sp³-hybridized carbons (Fsp3) is 0.429. The number of carbonyl (C=O) groups excluding carboxylic acids is 1. The Labute approximate surface area is 168 Å². The second-order valence-electron chi connectivity index (χ2n) is 8.46. The van der Waals surface area contributed by atoms with Crippen molar-refractivity contribution in [2.45, 2.75) is 52.2 Å². The molecule has 0 aliphatic carbocycles. The summed E-state index contributed by atoms with van der Waals surface area (Å²) in [5, 5.41) is 8.83. The number of nitrogens with zero attached hydrogens (tertiary/aromatic N) is 5. The summed E-state index contributed by atoms with van der Waals surface area (Å²) in [4.78, 5) is 22.6. The van der Waals surface area contributed by atoms with Gasteiger partial charge in [-0.25, -0.2) is 19.0 Å². The Morgan fingerprint density at radius 3 is 2.79 bits per heavy atom. The Kier molecular flexibility index (Phi) is 4.72. The Morgan fingerprint density at radius 2 is 2.07 bits per heavy atom. The zero-order chi connectivity index (χ0) is 20.8. The molecular weight excluding hydrogens is 371 g/mol. The first-order chi connectivity index (χ1) is 13.7. The van der Waals surface area contributed by atoms with E-state index in [1.165, 1.54) is 18.5 Å². The van der Waals surface area contributed by atoms with Crippen LogP contribution in [-0.4, -0.2) is 37.1 Å². The van der Waals surface area contributed by atoms with Crippen molar-refractivity contribution in [2.75, 3.05) is 11.9 Å². The van der Waals surface area contributed by atoms with Gasteiger partial charge in [-0.15, -0.1) is 0 Å². The Morgan fingerprint density at radius 1 is 1.28 bits per heavy atom. The SMILES string of the molecule is CC(=O)N1CCC(Nc2ncnc3c2cnn3C(C)(C)C)c2ccc(F)cc2C1. The molecule has 8 heteroatoms. The maximum atomic E-state index is 13.9. The summed E-state index contributed by atoms with van der Waals surface area (Å²) in [5.74, 6) is 0.363. The average molecular weight is 396 g/mol. The quantitative estimate of drug-likeness (QED) is 0.716. The fourth-order valence-electron chi connectivity index (χ4n) is 3.81. The Hall–Kier alpha value is -3.03. The van der Waals surface area contributed by atoms with Crippen LogP contribution in [0, 0.1) is 5.82 Å². The Bertz CT molecular complexity index is 1070. The minimum atomic E-state index is -0.302. The van der Waals surface area contributed by atoms with Crippen molar-refractivity contribution in [3.63, 3.8) is 0 Å². The highest BCUT2D eigenvalue weighted by molar-refractivity contribution is 5.86. The summed E-state index contributed by atoms with van der Waals surface area (Å²) in [5.41, 5.74) is 2.34. The molecule has 7 nitrogen and oxygen atoms in total. The number of amides is 1. The predicted octanol–water partition coefficient (Wildman–Crippen LogP) is 3.63. The summed E-state index contributed by atoms with van der Waals surface area (Å²) in [6.45, 7) is 8.74. The number of benzene rings is 1. The van der Waals surface area contributed by atoms with E-state index in [1.807, 2.05) is 4.68 Å². The molecule has 1 N–H and O–H groups in total. The molecule has 0 radical (unpaired) electrons. The van der Waals surface area contributed by atoms with Gasteiger partial charge in [0.25, 0.3) is 0 Å². The molecule has 1 aromatic carbocycles. The zero-order valence-corrected chi connectivity index (χ0v) is 17.1. The number of aromatic nitrogens is 4. The molecule has 1 aliphatic rings. The van der Waals surface area contributed by atoms with Gasteiger partial charge in [-0.05, 0) is 50.5 Å².